The van der Waals surface area contributed by atoms with Gasteiger partial charge in [-0.2, -0.15) is 0 Å². The van der Waals surface area contributed by atoms with Crippen molar-refractivity contribution in [3.05, 3.63) is 77.9 Å². The zero-order valence-corrected chi connectivity index (χ0v) is 12.5. The first-order valence-electron chi connectivity index (χ1n) is 7.55. The average Bonchev–Trinajstić information content (AvgIpc) is 2.60. The van der Waals surface area contributed by atoms with Gasteiger partial charge in [0.25, 0.3) is 0 Å². The number of rotatable bonds is 3. The molecule has 0 radical (unpaired) electrons. The van der Waals surface area contributed by atoms with E-state index >= 15 is 0 Å². The summed E-state index contributed by atoms with van der Waals surface area (Å²) in [7, 11) is 0. The van der Waals surface area contributed by atoms with E-state index < -0.39 is 0 Å². The lowest BCUT2D eigenvalue weighted by Crippen LogP contribution is -2.06. The van der Waals surface area contributed by atoms with E-state index in [1.807, 2.05) is 54.6 Å². The minimum absolute atomic E-state index is 0.218. The van der Waals surface area contributed by atoms with Gasteiger partial charge in [-0.1, -0.05) is 36.4 Å². The fourth-order valence-electron chi connectivity index (χ4n) is 2.79. The number of phenolic OH excluding ortho intramolecular Hbond substituents is 1. The summed E-state index contributed by atoms with van der Waals surface area (Å²) in [5.74, 6) is 1.77. The third-order valence-electron chi connectivity index (χ3n) is 3.96. The molecule has 4 rings (SSSR count). The van der Waals surface area contributed by atoms with Gasteiger partial charge in [0.15, 0.2) is 0 Å². The van der Waals surface area contributed by atoms with Crippen molar-refractivity contribution in [2.24, 2.45) is 0 Å². The zero-order valence-electron chi connectivity index (χ0n) is 12.5. The van der Waals surface area contributed by atoms with Gasteiger partial charge >= 0.3 is 0 Å². The van der Waals surface area contributed by atoms with Crippen molar-refractivity contribution in [2.75, 3.05) is 0 Å². The molecular weight excluding hydrogens is 288 g/mol. The Bertz CT molecular complexity index is 841. The van der Waals surface area contributed by atoms with Crippen LogP contribution in [0.3, 0.4) is 0 Å². The van der Waals surface area contributed by atoms with Crippen LogP contribution in [-0.4, -0.2) is 5.11 Å². The van der Waals surface area contributed by atoms with Crippen LogP contribution in [0.2, 0.25) is 0 Å². The van der Waals surface area contributed by atoms with E-state index in [1.165, 1.54) is 0 Å². The molecule has 23 heavy (non-hydrogen) atoms. The Kier molecular flexibility index (Phi) is 3.39. The Hall–Kier alpha value is -2.94. The van der Waals surface area contributed by atoms with Crippen LogP contribution in [0.5, 0.6) is 17.2 Å². The zero-order chi connectivity index (χ0) is 15.6. The summed E-state index contributed by atoms with van der Waals surface area (Å²) < 4.78 is 11.6. The molecule has 0 spiro atoms. The van der Waals surface area contributed by atoms with Gasteiger partial charge in [-0.3, -0.25) is 0 Å². The highest BCUT2D eigenvalue weighted by Crippen LogP contribution is 2.40. The number of aromatic hydroxyl groups is 1. The molecule has 0 saturated carbocycles. The van der Waals surface area contributed by atoms with E-state index in [2.05, 4.69) is 0 Å². The SMILES string of the molecule is Oc1ccc2c(c1)OCc1cc(OCc3ccccc3)ccc1-2. The van der Waals surface area contributed by atoms with Crippen LogP contribution >= 0.6 is 0 Å². The van der Waals surface area contributed by atoms with Gasteiger partial charge in [0, 0.05) is 17.2 Å². The molecule has 3 heteroatoms. The third-order valence-corrected chi connectivity index (χ3v) is 3.96. The topological polar surface area (TPSA) is 38.7 Å². The quantitative estimate of drug-likeness (QED) is 0.772. The van der Waals surface area contributed by atoms with E-state index in [1.54, 1.807) is 12.1 Å². The Morgan fingerprint density at radius 2 is 1.74 bits per heavy atom. The van der Waals surface area contributed by atoms with Gasteiger partial charge in [-0.25, -0.2) is 0 Å². The van der Waals surface area contributed by atoms with Crippen LogP contribution in [-0.2, 0) is 13.2 Å². The molecule has 0 bridgehead atoms. The molecule has 1 aliphatic rings. The molecule has 0 unspecified atom stereocenters. The summed E-state index contributed by atoms with van der Waals surface area (Å²) in [6.07, 6.45) is 0. The number of hydrogen-bond donors (Lipinski definition) is 1. The lowest BCUT2D eigenvalue weighted by atomic mass is 9.97. The molecular formula is C20H16O3. The van der Waals surface area contributed by atoms with Gasteiger partial charge in [0.05, 0.1) is 0 Å². The molecule has 1 N–H and O–H groups in total. The van der Waals surface area contributed by atoms with Crippen LogP contribution in [0.25, 0.3) is 11.1 Å². The van der Waals surface area contributed by atoms with Crippen LogP contribution in [0, 0.1) is 0 Å². The summed E-state index contributed by atoms with van der Waals surface area (Å²) in [5.41, 5.74) is 4.35. The Balaban J connectivity index is 1.59. The second-order valence-electron chi connectivity index (χ2n) is 5.56. The molecule has 0 aliphatic carbocycles. The van der Waals surface area contributed by atoms with Gasteiger partial charge < -0.3 is 14.6 Å². The van der Waals surface area contributed by atoms with Crippen LogP contribution in [0.4, 0.5) is 0 Å². The summed E-state index contributed by atoms with van der Waals surface area (Å²) in [4.78, 5) is 0. The van der Waals surface area contributed by atoms with E-state index in [9.17, 15) is 5.11 Å². The van der Waals surface area contributed by atoms with Crippen molar-refractivity contribution in [3.8, 4) is 28.4 Å². The van der Waals surface area contributed by atoms with Gasteiger partial charge in [0.1, 0.15) is 30.5 Å². The maximum atomic E-state index is 9.56. The first-order valence-corrected chi connectivity index (χ1v) is 7.55. The van der Waals surface area contributed by atoms with E-state index in [4.69, 9.17) is 9.47 Å². The van der Waals surface area contributed by atoms with Gasteiger partial charge in [-0.15, -0.1) is 0 Å². The summed E-state index contributed by atoms with van der Waals surface area (Å²) >= 11 is 0. The highest BCUT2D eigenvalue weighted by molar-refractivity contribution is 5.76. The Morgan fingerprint density at radius 1 is 0.913 bits per heavy atom. The molecule has 0 fully saturated rings. The van der Waals surface area contributed by atoms with Crippen molar-refractivity contribution in [1.82, 2.24) is 0 Å². The first-order chi connectivity index (χ1) is 11.3. The maximum absolute atomic E-state index is 9.56. The molecule has 0 aromatic heterocycles. The van der Waals surface area contributed by atoms with Crippen molar-refractivity contribution in [3.63, 3.8) is 0 Å². The van der Waals surface area contributed by atoms with Crippen molar-refractivity contribution < 1.29 is 14.6 Å². The standard InChI is InChI=1S/C20H16O3/c21-16-6-8-19-18-9-7-17(10-15(18)13-23-20(19)11-16)22-12-14-4-2-1-3-5-14/h1-11,21H,12-13H2. The van der Waals surface area contributed by atoms with Crippen molar-refractivity contribution in [1.29, 1.82) is 0 Å². The molecule has 0 amide bonds. The minimum atomic E-state index is 0.218. The fourth-order valence-corrected chi connectivity index (χ4v) is 2.79. The Labute approximate surface area is 134 Å². The first kappa shape index (κ1) is 13.7. The second-order valence-corrected chi connectivity index (χ2v) is 5.56. The molecule has 0 saturated heterocycles. The smallest absolute Gasteiger partial charge is 0.131 e. The van der Waals surface area contributed by atoms with Gasteiger partial charge in [0.2, 0.25) is 0 Å². The molecule has 1 heterocycles. The fraction of sp³-hybridized carbons (Fsp3) is 0.100. The lowest BCUT2D eigenvalue weighted by molar-refractivity contribution is 0.292. The van der Waals surface area contributed by atoms with Crippen molar-refractivity contribution in [2.45, 2.75) is 13.2 Å². The number of benzene rings is 3. The average molecular weight is 304 g/mol. The number of hydrogen-bond acceptors (Lipinski definition) is 3. The van der Waals surface area contributed by atoms with Gasteiger partial charge in [-0.05, 0) is 35.4 Å². The Morgan fingerprint density at radius 3 is 2.61 bits per heavy atom. The van der Waals surface area contributed by atoms with Crippen molar-refractivity contribution >= 4 is 0 Å². The highest BCUT2D eigenvalue weighted by Gasteiger charge is 2.18. The summed E-state index contributed by atoms with van der Waals surface area (Å²) in [6, 6.07) is 21.4. The molecule has 114 valence electrons. The third kappa shape index (κ3) is 2.73. The number of phenols is 1. The summed E-state index contributed by atoms with van der Waals surface area (Å²) in [6.45, 7) is 1.03. The predicted octanol–water partition coefficient (Wildman–Crippen LogP) is 4.53. The normalized spacial score (nSPS) is 12.0. The second kappa shape index (κ2) is 5.69. The lowest BCUT2D eigenvalue weighted by Gasteiger charge is -2.21. The molecule has 3 aromatic rings. The minimum Gasteiger partial charge on any atom is -0.508 e. The van der Waals surface area contributed by atoms with E-state index in [0.29, 0.717) is 13.2 Å². The van der Waals surface area contributed by atoms with E-state index in [-0.39, 0.29) is 5.75 Å². The van der Waals surface area contributed by atoms with Crippen LogP contribution in [0.15, 0.2) is 66.7 Å². The van der Waals surface area contributed by atoms with E-state index in [0.717, 1.165) is 33.8 Å². The summed E-state index contributed by atoms with van der Waals surface area (Å²) in [5, 5.41) is 9.56. The monoisotopic (exact) mass is 304 g/mol. The molecule has 3 aromatic carbocycles. The maximum Gasteiger partial charge on any atom is 0.131 e. The number of ether oxygens (including phenoxy) is 2. The van der Waals surface area contributed by atoms with Crippen LogP contribution in [0.1, 0.15) is 11.1 Å². The molecule has 1 aliphatic heterocycles. The predicted molar refractivity (Wildman–Crippen MR) is 88.6 cm³/mol. The van der Waals surface area contributed by atoms with Crippen LogP contribution < -0.4 is 9.47 Å². The number of fused-ring (bicyclic) bond motifs is 3. The largest absolute Gasteiger partial charge is 0.508 e. The molecule has 3 nitrogen and oxygen atoms in total. The highest BCUT2D eigenvalue weighted by atomic mass is 16.5. The molecule has 0 atom stereocenters.